The summed E-state index contributed by atoms with van der Waals surface area (Å²) in [5.74, 6) is -1.38. The number of hydrogen-bond acceptors (Lipinski definition) is 6. The predicted molar refractivity (Wildman–Crippen MR) is 96.7 cm³/mol. The molecule has 8 nitrogen and oxygen atoms in total. The fraction of sp³-hybridized carbons (Fsp3) is 0.500. The number of carbonyl (C=O) groups is 2. The highest BCUT2D eigenvalue weighted by Gasteiger charge is 2.21. The van der Waals surface area contributed by atoms with E-state index in [1.54, 1.807) is 20.8 Å². The molecule has 26 heavy (non-hydrogen) atoms. The van der Waals surface area contributed by atoms with Crippen LogP contribution in [0.2, 0.25) is 5.02 Å². The van der Waals surface area contributed by atoms with Crippen LogP contribution in [0.3, 0.4) is 0 Å². The van der Waals surface area contributed by atoms with E-state index in [0.29, 0.717) is 0 Å². The number of sulfonamides is 1. The summed E-state index contributed by atoms with van der Waals surface area (Å²) < 4.78 is 36.4. The van der Waals surface area contributed by atoms with Gasteiger partial charge in [0, 0.05) is 19.2 Å². The van der Waals surface area contributed by atoms with Crippen LogP contribution in [0.4, 0.5) is 0 Å². The van der Waals surface area contributed by atoms with Crippen LogP contribution in [0.5, 0.6) is 0 Å². The van der Waals surface area contributed by atoms with E-state index in [2.05, 4.69) is 10.0 Å². The molecule has 0 aliphatic carbocycles. The summed E-state index contributed by atoms with van der Waals surface area (Å²) in [5, 5.41) is 2.65. The van der Waals surface area contributed by atoms with Crippen molar-refractivity contribution >= 4 is 33.5 Å². The van der Waals surface area contributed by atoms with E-state index in [0.717, 1.165) is 6.07 Å². The van der Waals surface area contributed by atoms with Crippen molar-refractivity contribution < 1.29 is 27.5 Å². The first-order valence-corrected chi connectivity index (χ1v) is 9.58. The van der Waals surface area contributed by atoms with E-state index >= 15 is 0 Å². The summed E-state index contributed by atoms with van der Waals surface area (Å²) in [5.41, 5.74) is -0.618. The first kappa shape index (κ1) is 22.4. The van der Waals surface area contributed by atoms with E-state index in [4.69, 9.17) is 21.1 Å². The van der Waals surface area contributed by atoms with Gasteiger partial charge in [-0.25, -0.2) is 17.9 Å². The van der Waals surface area contributed by atoms with Crippen LogP contribution >= 0.6 is 11.6 Å². The molecule has 0 saturated carbocycles. The number of hydrogen-bond donors (Lipinski definition) is 2. The average molecular weight is 407 g/mol. The zero-order valence-electron chi connectivity index (χ0n) is 15.1. The van der Waals surface area contributed by atoms with Crippen molar-refractivity contribution in [1.82, 2.24) is 10.0 Å². The number of ether oxygens (including phenoxy) is 2. The summed E-state index contributed by atoms with van der Waals surface area (Å²) in [6.07, 6.45) is 0. The highest BCUT2D eigenvalue weighted by molar-refractivity contribution is 7.89. The zero-order valence-corrected chi connectivity index (χ0v) is 16.7. The quantitative estimate of drug-likeness (QED) is 0.497. The third-order valence-corrected chi connectivity index (χ3v) is 4.70. The van der Waals surface area contributed by atoms with Crippen LogP contribution in [0, 0.1) is 0 Å². The lowest BCUT2D eigenvalue weighted by atomic mass is 10.1. The Bertz CT molecular complexity index is 758. The molecule has 10 heteroatoms. The number of halogens is 1. The van der Waals surface area contributed by atoms with Crippen LogP contribution in [0.15, 0.2) is 23.1 Å². The van der Waals surface area contributed by atoms with Crippen molar-refractivity contribution in [3.05, 3.63) is 28.8 Å². The number of rotatable bonds is 8. The highest BCUT2D eigenvalue weighted by Crippen LogP contribution is 2.21. The second-order valence-electron chi connectivity index (χ2n) is 6.41. The number of esters is 1. The van der Waals surface area contributed by atoms with Gasteiger partial charge in [0.25, 0.3) is 5.91 Å². The molecule has 1 aromatic rings. The Morgan fingerprint density at radius 1 is 1.23 bits per heavy atom. The topological polar surface area (TPSA) is 111 Å². The first-order valence-electron chi connectivity index (χ1n) is 7.72. The Kier molecular flexibility index (Phi) is 8.01. The lowest BCUT2D eigenvalue weighted by Crippen LogP contribution is -2.42. The van der Waals surface area contributed by atoms with E-state index in [-0.39, 0.29) is 28.6 Å². The molecular weight excluding hydrogens is 384 g/mol. The van der Waals surface area contributed by atoms with Gasteiger partial charge in [-0.1, -0.05) is 11.6 Å². The molecule has 0 atom stereocenters. The van der Waals surface area contributed by atoms with Crippen molar-refractivity contribution in [3.8, 4) is 0 Å². The molecule has 0 spiro atoms. The van der Waals surface area contributed by atoms with Gasteiger partial charge in [-0.15, -0.1) is 0 Å². The van der Waals surface area contributed by atoms with Crippen molar-refractivity contribution in [1.29, 1.82) is 0 Å². The maximum atomic E-state index is 12.2. The third-order valence-electron chi connectivity index (χ3n) is 2.92. The summed E-state index contributed by atoms with van der Waals surface area (Å²) in [4.78, 5) is 23.7. The van der Waals surface area contributed by atoms with Gasteiger partial charge in [-0.2, -0.15) is 0 Å². The fourth-order valence-corrected chi connectivity index (χ4v) is 3.09. The Morgan fingerprint density at radius 3 is 2.46 bits per heavy atom. The Labute approximate surface area is 158 Å². The third kappa shape index (κ3) is 7.28. The summed E-state index contributed by atoms with van der Waals surface area (Å²) >= 11 is 5.95. The molecule has 0 saturated heterocycles. The van der Waals surface area contributed by atoms with Crippen molar-refractivity contribution in [2.75, 3.05) is 26.9 Å². The van der Waals surface area contributed by atoms with Gasteiger partial charge in [0.15, 0.2) is 6.61 Å². The maximum Gasteiger partial charge on any atom is 0.340 e. The molecule has 0 bridgehead atoms. The molecule has 0 fully saturated rings. The van der Waals surface area contributed by atoms with Gasteiger partial charge in [0.05, 0.1) is 22.1 Å². The molecular formula is C16H23ClN2O6S. The fourth-order valence-electron chi connectivity index (χ4n) is 1.85. The van der Waals surface area contributed by atoms with Gasteiger partial charge < -0.3 is 14.8 Å². The van der Waals surface area contributed by atoms with E-state index in [9.17, 15) is 18.0 Å². The second kappa shape index (κ2) is 9.31. The standard InChI is InChI=1S/C16H23ClN2O6S/c1-16(2,3)19-14(20)10-25-15(21)12-9-11(5-6-13(12)17)26(22,23)18-7-8-24-4/h5-6,9,18H,7-8,10H2,1-4H3,(H,19,20). The van der Waals surface area contributed by atoms with E-state index in [1.807, 2.05) is 0 Å². The molecule has 0 aliphatic heterocycles. The van der Waals surface area contributed by atoms with Crippen LogP contribution in [0.1, 0.15) is 31.1 Å². The number of benzene rings is 1. The smallest absolute Gasteiger partial charge is 0.340 e. The van der Waals surface area contributed by atoms with Gasteiger partial charge in [0.2, 0.25) is 10.0 Å². The molecule has 1 aromatic carbocycles. The lowest BCUT2D eigenvalue weighted by molar-refractivity contribution is -0.125. The molecule has 1 amide bonds. The van der Waals surface area contributed by atoms with Crippen LogP contribution in [-0.4, -0.2) is 52.7 Å². The molecule has 0 heterocycles. The minimum Gasteiger partial charge on any atom is -0.452 e. The Morgan fingerprint density at radius 2 is 1.88 bits per heavy atom. The van der Waals surface area contributed by atoms with Crippen molar-refractivity contribution in [2.45, 2.75) is 31.2 Å². The molecule has 1 rings (SSSR count). The average Bonchev–Trinajstić information content (AvgIpc) is 2.51. The summed E-state index contributed by atoms with van der Waals surface area (Å²) in [6.45, 7) is 5.13. The van der Waals surface area contributed by atoms with Gasteiger partial charge >= 0.3 is 5.97 Å². The van der Waals surface area contributed by atoms with Crippen molar-refractivity contribution in [3.63, 3.8) is 0 Å². The first-order chi connectivity index (χ1) is 12.0. The lowest BCUT2D eigenvalue weighted by Gasteiger charge is -2.20. The van der Waals surface area contributed by atoms with E-state index < -0.39 is 34.0 Å². The summed E-state index contributed by atoms with van der Waals surface area (Å²) in [6, 6.07) is 3.64. The molecule has 0 aromatic heterocycles. The number of carbonyl (C=O) groups excluding carboxylic acids is 2. The number of nitrogens with one attached hydrogen (secondary N) is 2. The molecule has 0 unspecified atom stereocenters. The van der Waals surface area contributed by atoms with Crippen LogP contribution in [-0.2, 0) is 24.3 Å². The minimum atomic E-state index is -3.84. The van der Waals surface area contributed by atoms with Gasteiger partial charge in [-0.3, -0.25) is 4.79 Å². The SMILES string of the molecule is COCCNS(=O)(=O)c1ccc(Cl)c(C(=O)OCC(=O)NC(C)(C)C)c1. The minimum absolute atomic E-state index is 0.0158. The summed E-state index contributed by atoms with van der Waals surface area (Å²) in [7, 11) is -2.39. The van der Waals surface area contributed by atoms with Crippen LogP contribution < -0.4 is 10.0 Å². The maximum absolute atomic E-state index is 12.2. The molecule has 0 radical (unpaired) electrons. The highest BCUT2D eigenvalue weighted by atomic mass is 35.5. The number of methoxy groups -OCH3 is 1. The second-order valence-corrected chi connectivity index (χ2v) is 8.58. The Balaban J connectivity index is 2.86. The predicted octanol–water partition coefficient (Wildman–Crippen LogP) is 1.34. The van der Waals surface area contributed by atoms with Crippen LogP contribution in [0.25, 0.3) is 0 Å². The van der Waals surface area contributed by atoms with E-state index in [1.165, 1.54) is 19.2 Å². The number of amides is 1. The molecule has 146 valence electrons. The molecule has 2 N–H and O–H groups in total. The van der Waals surface area contributed by atoms with Gasteiger partial charge in [0.1, 0.15) is 0 Å². The van der Waals surface area contributed by atoms with Crippen molar-refractivity contribution in [2.24, 2.45) is 0 Å². The monoisotopic (exact) mass is 406 g/mol. The molecule has 0 aliphatic rings. The largest absolute Gasteiger partial charge is 0.452 e. The zero-order chi connectivity index (χ0) is 20.0. The van der Waals surface area contributed by atoms with Gasteiger partial charge in [-0.05, 0) is 39.0 Å². The Hall–Kier alpha value is -1.68. The normalized spacial score (nSPS) is 11.9.